The highest BCUT2D eigenvalue weighted by atomic mass is 19.4. The zero-order chi connectivity index (χ0) is 27.0. The summed E-state index contributed by atoms with van der Waals surface area (Å²) in [6.45, 7) is 2.39. The number of benzene rings is 4. The van der Waals surface area contributed by atoms with Gasteiger partial charge in [0.05, 0.1) is 12.1 Å². The van der Waals surface area contributed by atoms with Crippen molar-refractivity contribution in [3.05, 3.63) is 125 Å². The average Bonchev–Trinajstić information content (AvgIpc) is 3.35. The van der Waals surface area contributed by atoms with Gasteiger partial charge in [-0.25, -0.2) is 0 Å². The molecule has 7 heteroatoms. The fraction of sp³-hybridized carbons (Fsp3) is 0.156. The number of anilines is 1. The summed E-state index contributed by atoms with van der Waals surface area (Å²) in [5.41, 5.74) is 4.76. The van der Waals surface area contributed by atoms with Crippen LogP contribution >= 0.6 is 0 Å². The first-order chi connectivity index (χ1) is 18.8. The molecule has 0 fully saturated rings. The summed E-state index contributed by atoms with van der Waals surface area (Å²) < 4.78 is 44.9. The van der Waals surface area contributed by atoms with Gasteiger partial charge in [-0.15, -0.1) is 0 Å². The predicted octanol–water partition coefficient (Wildman–Crippen LogP) is 7.93. The number of amides is 1. The second kappa shape index (κ2) is 10.1. The Kier molecular flexibility index (Phi) is 6.45. The number of nitrogens with one attached hydrogen (secondary N) is 1. The van der Waals surface area contributed by atoms with Crippen molar-refractivity contribution in [1.29, 1.82) is 0 Å². The lowest BCUT2D eigenvalue weighted by Gasteiger charge is -2.28. The van der Waals surface area contributed by atoms with Gasteiger partial charge in [0.25, 0.3) is 5.91 Å². The maximum absolute atomic E-state index is 13.2. The number of hydrogen-bond donors (Lipinski definition) is 1. The Balaban J connectivity index is 1.15. The molecule has 1 amide bonds. The molecule has 1 aliphatic rings. The van der Waals surface area contributed by atoms with E-state index in [-0.39, 0.29) is 5.91 Å². The lowest BCUT2D eigenvalue weighted by atomic mass is 9.97. The van der Waals surface area contributed by atoms with Crippen molar-refractivity contribution in [3.8, 4) is 11.1 Å². The van der Waals surface area contributed by atoms with Crippen LogP contribution in [0.4, 0.5) is 18.9 Å². The number of nitrogens with zero attached hydrogens (tertiary/aromatic N) is 1. The Hall–Kier alpha value is -4.36. The zero-order valence-corrected chi connectivity index (χ0v) is 21.0. The van der Waals surface area contributed by atoms with Crippen molar-refractivity contribution in [2.24, 2.45) is 0 Å². The van der Waals surface area contributed by atoms with Gasteiger partial charge in [0, 0.05) is 29.7 Å². The van der Waals surface area contributed by atoms with E-state index >= 15 is 0 Å². The van der Waals surface area contributed by atoms with Crippen molar-refractivity contribution in [2.75, 3.05) is 11.9 Å². The number of rotatable bonds is 5. The molecule has 0 atom stereocenters. The van der Waals surface area contributed by atoms with Gasteiger partial charge in [-0.05, 0) is 71.1 Å². The minimum absolute atomic E-state index is 0.312. The molecule has 4 aromatic carbocycles. The van der Waals surface area contributed by atoms with Crippen molar-refractivity contribution in [3.63, 3.8) is 0 Å². The number of halogens is 3. The first kappa shape index (κ1) is 24.9. The second-order valence-electron chi connectivity index (χ2n) is 9.77. The van der Waals surface area contributed by atoms with E-state index in [9.17, 15) is 18.0 Å². The lowest BCUT2D eigenvalue weighted by Crippen LogP contribution is -2.30. The maximum Gasteiger partial charge on any atom is 0.416 e. The van der Waals surface area contributed by atoms with Gasteiger partial charge in [-0.1, -0.05) is 54.6 Å². The van der Waals surface area contributed by atoms with Gasteiger partial charge in [-0.3, -0.25) is 9.69 Å². The van der Waals surface area contributed by atoms with Gasteiger partial charge >= 0.3 is 6.18 Å². The van der Waals surface area contributed by atoms with Crippen LogP contribution in [0.15, 0.2) is 101 Å². The van der Waals surface area contributed by atoms with E-state index < -0.39 is 11.7 Å². The van der Waals surface area contributed by atoms with Crippen LogP contribution in [0, 0.1) is 0 Å². The fourth-order valence-corrected chi connectivity index (χ4v) is 5.13. The molecule has 5 aromatic rings. The largest absolute Gasteiger partial charge is 0.460 e. The van der Waals surface area contributed by atoms with Gasteiger partial charge in [0.1, 0.15) is 11.3 Å². The van der Waals surface area contributed by atoms with Crippen molar-refractivity contribution < 1.29 is 22.4 Å². The Morgan fingerprint density at radius 3 is 2.44 bits per heavy atom. The molecule has 0 unspecified atom stereocenters. The van der Waals surface area contributed by atoms with Crippen molar-refractivity contribution >= 4 is 22.6 Å². The number of carbonyl (C=O) groups excluding carboxylic acids is 1. The zero-order valence-electron chi connectivity index (χ0n) is 21.0. The first-order valence-corrected chi connectivity index (χ1v) is 12.7. The standard InChI is InChI=1S/C32H25F3N2O2/c33-32(34,35)25-12-9-21(10-13-25)28-6-2-3-7-29(28)31(38)36-26-14-11-24-19-37(16-15-22(24)17-26)20-27-18-23-5-1-4-8-30(23)39-27/h1-14,17-18H,15-16,19-20H2,(H,36,38). The van der Waals surface area contributed by atoms with Crippen LogP contribution < -0.4 is 5.32 Å². The van der Waals surface area contributed by atoms with E-state index in [4.69, 9.17) is 4.42 Å². The number of hydrogen-bond acceptors (Lipinski definition) is 3. The summed E-state index contributed by atoms with van der Waals surface area (Å²) in [6, 6.07) is 27.8. The molecule has 0 radical (unpaired) electrons. The number of para-hydroxylation sites is 1. The lowest BCUT2D eigenvalue weighted by molar-refractivity contribution is -0.137. The topological polar surface area (TPSA) is 45.5 Å². The highest BCUT2D eigenvalue weighted by Crippen LogP contribution is 2.32. The third-order valence-corrected chi connectivity index (χ3v) is 7.11. The average molecular weight is 527 g/mol. The van der Waals surface area contributed by atoms with Gasteiger partial charge in [0.15, 0.2) is 0 Å². The van der Waals surface area contributed by atoms with Crippen LogP contribution in [0.1, 0.15) is 32.8 Å². The second-order valence-corrected chi connectivity index (χ2v) is 9.77. The first-order valence-electron chi connectivity index (χ1n) is 12.7. The summed E-state index contributed by atoms with van der Waals surface area (Å²) in [5.74, 6) is 0.628. The molecule has 0 bridgehead atoms. The summed E-state index contributed by atoms with van der Waals surface area (Å²) in [4.78, 5) is 15.6. The quantitative estimate of drug-likeness (QED) is 0.253. The highest BCUT2D eigenvalue weighted by Gasteiger charge is 2.30. The molecule has 1 aliphatic heterocycles. The Morgan fingerprint density at radius 1 is 0.872 bits per heavy atom. The Bertz CT molecular complexity index is 1620. The molecule has 0 aliphatic carbocycles. The van der Waals surface area contributed by atoms with Gasteiger partial charge in [-0.2, -0.15) is 13.2 Å². The smallest absolute Gasteiger partial charge is 0.416 e. The minimum atomic E-state index is -4.41. The van der Waals surface area contributed by atoms with Crippen LogP contribution in [-0.4, -0.2) is 17.4 Å². The number of carbonyl (C=O) groups is 1. The van der Waals surface area contributed by atoms with Crippen LogP contribution in [0.5, 0.6) is 0 Å². The highest BCUT2D eigenvalue weighted by molar-refractivity contribution is 6.08. The summed E-state index contributed by atoms with van der Waals surface area (Å²) >= 11 is 0. The van der Waals surface area contributed by atoms with E-state index in [0.717, 1.165) is 54.9 Å². The van der Waals surface area contributed by atoms with E-state index in [1.54, 1.807) is 24.3 Å². The van der Waals surface area contributed by atoms with Crippen LogP contribution in [0.2, 0.25) is 0 Å². The molecule has 6 rings (SSSR count). The third kappa shape index (κ3) is 5.31. The summed E-state index contributed by atoms with van der Waals surface area (Å²) in [5, 5.41) is 4.07. The summed E-state index contributed by atoms with van der Waals surface area (Å²) in [7, 11) is 0. The van der Waals surface area contributed by atoms with Crippen molar-refractivity contribution in [2.45, 2.75) is 25.7 Å². The predicted molar refractivity (Wildman–Crippen MR) is 145 cm³/mol. The number of alkyl halides is 3. The normalized spacial score (nSPS) is 13.8. The Morgan fingerprint density at radius 2 is 1.64 bits per heavy atom. The molecule has 39 heavy (non-hydrogen) atoms. The van der Waals surface area contributed by atoms with Gasteiger partial charge < -0.3 is 9.73 Å². The van der Waals surface area contributed by atoms with Crippen LogP contribution in [0.3, 0.4) is 0 Å². The molecule has 2 heterocycles. The molecule has 4 nitrogen and oxygen atoms in total. The molecule has 196 valence electrons. The van der Waals surface area contributed by atoms with Crippen molar-refractivity contribution in [1.82, 2.24) is 4.90 Å². The molecular weight excluding hydrogens is 501 g/mol. The fourth-order valence-electron chi connectivity index (χ4n) is 5.13. The molecule has 0 saturated carbocycles. The van der Waals surface area contributed by atoms with E-state index in [1.165, 1.54) is 23.3 Å². The van der Waals surface area contributed by atoms with Crippen LogP contribution in [-0.2, 0) is 25.7 Å². The third-order valence-electron chi connectivity index (χ3n) is 7.11. The molecule has 0 spiro atoms. The van der Waals surface area contributed by atoms with E-state index in [2.05, 4.69) is 16.3 Å². The number of fused-ring (bicyclic) bond motifs is 2. The van der Waals surface area contributed by atoms with E-state index in [0.29, 0.717) is 22.4 Å². The van der Waals surface area contributed by atoms with Gasteiger partial charge in [0.2, 0.25) is 0 Å². The molecule has 1 N–H and O–H groups in total. The SMILES string of the molecule is O=C(Nc1ccc2c(c1)CCN(Cc1cc3ccccc3o1)C2)c1ccccc1-c1ccc(C(F)(F)F)cc1. The molecule has 0 saturated heterocycles. The maximum atomic E-state index is 13.2. The summed E-state index contributed by atoms with van der Waals surface area (Å²) in [6.07, 6.45) is -3.56. The van der Waals surface area contributed by atoms with Crippen LogP contribution in [0.25, 0.3) is 22.1 Å². The van der Waals surface area contributed by atoms with E-state index in [1.807, 2.05) is 42.5 Å². The molecule has 1 aromatic heterocycles. The Labute approximate surface area is 223 Å². The minimum Gasteiger partial charge on any atom is -0.460 e. The monoisotopic (exact) mass is 526 g/mol. The molecular formula is C32H25F3N2O2. The number of furan rings is 1.